The molecule has 0 spiro atoms. The van der Waals surface area contributed by atoms with E-state index in [1.165, 1.54) is 18.9 Å². The van der Waals surface area contributed by atoms with E-state index in [-0.39, 0.29) is 11.9 Å². The van der Waals surface area contributed by atoms with Gasteiger partial charge in [-0.05, 0) is 38.9 Å². The molecule has 1 fully saturated rings. The van der Waals surface area contributed by atoms with E-state index in [1.807, 2.05) is 13.0 Å². The maximum absolute atomic E-state index is 13.6. The SMILES string of the molecule is CC(NCC(O)CN1CCCC1)c1ccccc1F. The van der Waals surface area contributed by atoms with Crippen LogP contribution in [0.2, 0.25) is 0 Å². The van der Waals surface area contributed by atoms with Gasteiger partial charge in [-0.25, -0.2) is 4.39 Å². The highest BCUT2D eigenvalue weighted by Crippen LogP contribution is 2.16. The molecule has 19 heavy (non-hydrogen) atoms. The number of halogens is 1. The van der Waals surface area contributed by atoms with Gasteiger partial charge in [-0.2, -0.15) is 0 Å². The summed E-state index contributed by atoms with van der Waals surface area (Å²) >= 11 is 0. The summed E-state index contributed by atoms with van der Waals surface area (Å²) in [6.45, 7) is 5.28. The zero-order valence-corrected chi connectivity index (χ0v) is 11.5. The maximum atomic E-state index is 13.6. The molecule has 0 saturated carbocycles. The van der Waals surface area contributed by atoms with Gasteiger partial charge in [-0.15, -0.1) is 0 Å². The molecule has 0 aromatic heterocycles. The quantitative estimate of drug-likeness (QED) is 0.826. The van der Waals surface area contributed by atoms with Crippen LogP contribution in [0.1, 0.15) is 31.4 Å². The van der Waals surface area contributed by atoms with Gasteiger partial charge in [-0.3, -0.25) is 0 Å². The van der Waals surface area contributed by atoms with Crippen LogP contribution < -0.4 is 5.32 Å². The van der Waals surface area contributed by atoms with E-state index in [4.69, 9.17) is 0 Å². The van der Waals surface area contributed by atoms with Crippen molar-refractivity contribution in [2.45, 2.75) is 31.9 Å². The molecule has 1 saturated heterocycles. The molecule has 0 amide bonds. The lowest BCUT2D eigenvalue weighted by atomic mass is 10.1. The van der Waals surface area contributed by atoms with Gasteiger partial charge >= 0.3 is 0 Å². The van der Waals surface area contributed by atoms with Gasteiger partial charge in [-0.1, -0.05) is 18.2 Å². The molecule has 1 heterocycles. The largest absolute Gasteiger partial charge is 0.390 e. The number of β-amino-alcohol motifs (C(OH)–C–C–N with tert-alkyl or cyclic N) is 1. The summed E-state index contributed by atoms with van der Waals surface area (Å²) in [5, 5.41) is 13.2. The van der Waals surface area contributed by atoms with Crippen LogP contribution in [0.4, 0.5) is 4.39 Å². The molecular weight excluding hydrogens is 243 g/mol. The topological polar surface area (TPSA) is 35.5 Å². The summed E-state index contributed by atoms with van der Waals surface area (Å²) in [6.07, 6.45) is 2.06. The summed E-state index contributed by atoms with van der Waals surface area (Å²) in [7, 11) is 0. The van der Waals surface area contributed by atoms with E-state index in [0.29, 0.717) is 18.7 Å². The Morgan fingerprint density at radius 2 is 2.00 bits per heavy atom. The fourth-order valence-electron chi connectivity index (χ4n) is 2.58. The lowest BCUT2D eigenvalue weighted by Crippen LogP contribution is -2.38. The number of aliphatic hydroxyl groups is 1. The fourth-order valence-corrected chi connectivity index (χ4v) is 2.58. The standard InChI is InChI=1S/C15H23FN2O/c1-12(14-6-2-3-7-15(14)16)17-10-13(19)11-18-8-4-5-9-18/h2-3,6-7,12-13,17,19H,4-5,8-11H2,1H3. The van der Waals surface area contributed by atoms with Crippen molar-refractivity contribution in [2.75, 3.05) is 26.2 Å². The van der Waals surface area contributed by atoms with Crippen molar-refractivity contribution in [3.63, 3.8) is 0 Å². The van der Waals surface area contributed by atoms with Crippen molar-refractivity contribution in [1.29, 1.82) is 0 Å². The molecule has 1 aliphatic heterocycles. The average molecular weight is 266 g/mol. The molecule has 1 aromatic carbocycles. The molecule has 0 radical (unpaired) electrons. The molecular formula is C15H23FN2O. The molecule has 2 unspecified atom stereocenters. The van der Waals surface area contributed by atoms with Gasteiger partial charge in [0, 0.05) is 24.7 Å². The Balaban J connectivity index is 1.76. The van der Waals surface area contributed by atoms with E-state index in [2.05, 4.69) is 10.2 Å². The second-order valence-electron chi connectivity index (χ2n) is 5.31. The van der Waals surface area contributed by atoms with Crippen LogP contribution in [-0.4, -0.2) is 42.3 Å². The molecule has 3 nitrogen and oxygen atoms in total. The third-order valence-corrected chi connectivity index (χ3v) is 3.70. The van der Waals surface area contributed by atoms with Gasteiger partial charge in [0.25, 0.3) is 0 Å². The van der Waals surface area contributed by atoms with Crippen molar-refractivity contribution >= 4 is 0 Å². The second kappa shape index (κ2) is 6.98. The minimum Gasteiger partial charge on any atom is -0.390 e. The van der Waals surface area contributed by atoms with E-state index in [0.717, 1.165) is 13.1 Å². The summed E-state index contributed by atoms with van der Waals surface area (Å²) in [5.41, 5.74) is 0.649. The smallest absolute Gasteiger partial charge is 0.127 e. The Hall–Kier alpha value is -0.970. The van der Waals surface area contributed by atoms with Gasteiger partial charge in [0.2, 0.25) is 0 Å². The fraction of sp³-hybridized carbons (Fsp3) is 0.600. The third-order valence-electron chi connectivity index (χ3n) is 3.70. The van der Waals surface area contributed by atoms with E-state index < -0.39 is 6.10 Å². The number of hydrogen-bond donors (Lipinski definition) is 2. The van der Waals surface area contributed by atoms with Crippen molar-refractivity contribution in [1.82, 2.24) is 10.2 Å². The zero-order chi connectivity index (χ0) is 13.7. The highest BCUT2D eigenvalue weighted by atomic mass is 19.1. The minimum atomic E-state index is -0.396. The molecule has 1 aliphatic rings. The van der Waals surface area contributed by atoms with Crippen LogP contribution in [0.25, 0.3) is 0 Å². The second-order valence-corrected chi connectivity index (χ2v) is 5.31. The van der Waals surface area contributed by atoms with Crippen LogP contribution in [0.5, 0.6) is 0 Å². The van der Waals surface area contributed by atoms with Crippen LogP contribution in [0.15, 0.2) is 24.3 Å². The Morgan fingerprint density at radius 3 is 2.68 bits per heavy atom. The van der Waals surface area contributed by atoms with Crippen LogP contribution >= 0.6 is 0 Å². The molecule has 2 atom stereocenters. The van der Waals surface area contributed by atoms with Gasteiger partial charge in [0.05, 0.1) is 6.10 Å². The van der Waals surface area contributed by atoms with Crippen LogP contribution in [-0.2, 0) is 0 Å². The summed E-state index contributed by atoms with van der Waals surface area (Å²) in [5.74, 6) is -0.198. The summed E-state index contributed by atoms with van der Waals surface area (Å²) < 4.78 is 13.6. The molecule has 2 rings (SSSR count). The van der Waals surface area contributed by atoms with Gasteiger partial charge in [0.1, 0.15) is 5.82 Å². The van der Waals surface area contributed by atoms with Crippen molar-refractivity contribution < 1.29 is 9.50 Å². The van der Waals surface area contributed by atoms with Crippen molar-refractivity contribution in [3.8, 4) is 0 Å². The number of rotatable bonds is 6. The molecule has 1 aromatic rings. The number of likely N-dealkylation sites (tertiary alicyclic amines) is 1. The molecule has 0 bridgehead atoms. The predicted molar refractivity (Wildman–Crippen MR) is 74.5 cm³/mol. The number of benzene rings is 1. The average Bonchev–Trinajstić information content (AvgIpc) is 2.89. The summed E-state index contributed by atoms with van der Waals surface area (Å²) in [4.78, 5) is 2.28. The molecule has 0 aliphatic carbocycles. The van der Waals surface area contributed by atoms with E-state index in [1.54, 1.807) is 12.1 Å². The lowest BCUT2D eigenvalue weighted by Gasteiger charge is -2.22. The Labute approximate surface area is 114 Å². The number of nitrogens with one attached hydrogen (secondary N) is 1. The molecule has 2 N–H and O–H groups in total. The Morgan fingerprint density at radius 1 is 1.32 bits per heavy atom. The number of nitrogens with zero attached hydrogens (tertiary/aromatic N) is 1. The van der Waals surface area contributed by atoms with Gasteiger partial charge < -0.3 is 15.3 Å². The normalized spacial score (nSPS) is 19.5. The number of aliphatic hydroxyl groups excluding tert-OH is 1. The third kappa shape index (κ3) is 4.27. The predicted octanol–water partition coefficient (Wildman–Crippen LogP) is 1.93. The first kappa shape index (κ1) is 14.4. The highest BCUT2D eigenvalue weighted by Gasteiger charge is 2.17. The van der Waals surface area contributed by atoms with E-state index in [9.17, 15) is 9.50 Å². The van der Waals surface area contributed by atoms with Crippen LogP contribution in [0.3, 0.4) is 0 Å². The minimum absolute atomic E-state index is 0.0885. The van der Waals surface area contributed by atoms with E-state index >= 15 is 0 Å². The first-order valence-electron chi connectivity index (χ1n) is 7.05. The molecule has 106 valence electrons. The lowest BCUT2D eigenvalue weighted by molar-refractivity contribution is 0.121. The monoisotopic (exact) mass is 266 g/mol. The number of hydrogen-bond acceptors (Lipinski definition) is 3. The highest BCUT2D eigenvalue weighted by molar-refractivity contribution is 5.20. The summed E-state index contributed by atoms with van der Waals surface area (Å²) in [6, 6.07) is 6.67. The van der Waals surface area contributed by atoms with Crippen LogP contribution in [0, 0.1) is 5.82 Å². The van der Waals surface area contributed by atoms with Gasteiger partial charge in [0.15, 0.2) is 0 Å². The molecule has 4 heteroatoms. The Kier molecular flexibility index (Phi) is 5.31. The first-order chi connectivity index (χ1) is 9.16. The zero-order valence-electron chi connectivity index (χ0n) is 11.5. The van der Waals surface area contributed by atoms with Crippen molar-refractivity contribution in [2.24, 2.45) is 0 Å². The maximum Gasteiger partial charge on any atom is 0.127 e. The first-order valence-corrected chi connectivity index (χ1v) is 7.05. The Bertz CT molecular complexity index is 393. The van der Waals surface area contributed by atoms with Crippen molar-refractivity contribution in [3.05, 3.63) is 35.6 Å².